The molecule has 0 radical (unpaired) electrons. The maximum absolute atomic E-state index is 12.0. The molecule has 3 N–H and O–H groups in total. The second kappa shape index (κ2) is 9.57. The van der Waals surface area contributed by atoms with E-state index in [4.69, 9.17) is 5.73 Å². The first-order chi connectivity index (χ1) is 10.0. The zero-order valence-electron chi connectivity index (χ0n) is 11.9. The average molecular weight is 318 g/mol. The third kappa shape index (κ3) is 7.29. The topological polar surface area (TPSA) is 64.4 Å². The van der Waals surface area contributed by atoms with Gasteiger partial charge in [-0.2, -0.15) is 20.5 Å². The minimum absolute atomic E-state index is 0.122. The summed E-state index contributed by atoms with van der Waals surface area (Å²) in [6.45, 7) is -2.36. The summed E-state index contributed by atoms with van der Waals surface area (Å²) >= 11 is 1.65. The third-order valence-corrected chi connectivity index (χ3v) is 3.48. The third-order valence-electron chi connectivity index (χ3n) is 2.83. The van der Waals surface area contributed by atoms with E-state index in [0.717, 1.165) is 11.3 Å². The van der Waals surface area contributed by atoms with Gasteiger partial charge in [0.25, 0.3) is 0 Å². The number of alkyl halides is 2. The summed E-state index contributed by atoms with van der Waals surface area (Å²) < 4.78 is 28.2. The fourth-order valence-electron chi connectivity index (χ4n) is 1.67. The predicted molar refractivity (Wildman–Crippen MR) is 80.8 cm³/mol. The molecule has 1 aromatic carbocycles. The largest absolute Gasteiger partial charge is 0.435 e. The molecule has 0 aliphatic heterocycles. The van der Waals surface area contributed by atoms with Gasteiger partial charge in [0.15, 0.2) is 0 Å². The normalized spacial score (nSPS) is 12.2. The number of carbonyl (C=O) groups is 1. The number of rotatable bonds is 9. The van der Waals surface area contributed by atoms with Crippen LogP contribution in [0.2, 0.25) is 0 Å². The Balaban J connectivity index is 2.30. The number of hydrogen-bond donors (Lipinski definition) is 2. The minimum atomic E-state index is -2.82. The Morgan fingerprint density at radius 1 is 1.38 bits per heavy atom. The monoisotopic (exact) mass is 318 g/mol. The summed E-state index contributed by atoms with van der Waals surface area (Å²) in [7, 11) is 0. The summed E-state index contributed by atoms with van der Waals surface area (Å²) in [4.78, 5) is 11.7. The zero-order chi connectivity index (χ0) is 15.7. The first-order valence-electron chi connectivity index (χ1n) is 6.59. The molecule has 118 valence electrons. The Kier molecular flexibility index (Phi) is 8.07. The van der Waals surface area contributed by atoms with Crippen LogP contribution in [0.4, 0.5) is 8.78 Å². The van der Waals surface area contributed by atoms with E-state index in [0.29, 0.717) is 19.4 Å². The van der Waals surface area contributed by atoms with Gasteiger partial charge in [-0.1, -0.05) is 12.1 Å². The highest BCUT2D eigenvalue weighted by Crippen LogP contribution is 2.14. The fourth-order valence-corrected chi connectivity index (χ4v) is 2.16. The van der Waals surface area contributed by atoms with Crippen molar-refractivity contribution < 1.29 is 18.3 Å². The molecule has 0 aliphatic carbocycles. The quantitative estimate of drug-likeness (QED) is 0.731. The Hall–Kier alpha value is -1.34. The van der Waals surface area contributed by atoms with Crippen molar-refractivity contribution in [3.05, 3.63) is 29.8 Å². The van der Waals surface area contributed by atoms with E-state index in [-0.39, 0.29) is 11.7 Å². The number of benzene rings is 1. The molecule has 1 aromatic rings. The van der Waals surface area contributed by atoms with Crippen LogP contribution in [-0.4, -0.2) is 37.1 Å². The molecular formula is C14H20F2N2O2S. The number of halogens is 2. The molecule has 0 saturated heterocycles. The lowest BCUT2D eigenvalue weighted by molar-refractivity contribution is -0.122. The van der Waals surface area contributed by atoms with Crippen LogP contribution in [0.1, 0.15) is 12.0 Å². The van der Waals surface area contributed by atoms with Crippen LogP contribution < -0.4 is 15.8 Å². The Labute approximate surface area is 127 Å². The van der Waals surface area contributed by atoms with Crippen LogP contribution >= 0.6 is 11.8 Å². The van der Waals surface area contributed by atoms with Crippen molar-refractivity contribution in [2.45, 2.75) is 25.5 Å². The summed E-state index contributed by atoms with van der Waals surface area (Å²) in [5.41, 5.74) is 6.66. The van der Waals surface area contributed by atoms with Gasteiger partial charge in [-0.15, -0.1) is 0 Å². The van der Waals surface area contributed by atoms with Crippen molar-refractivity contribution in [1.29, 1.82) is 0 Å². The first kappa shape index (κ1) is 17.7. The minimum Gasteiger partial charge on any atom is -0.435 e. The predicted octanol–water partition coefficient (Wildman–Crippen LogP) is 2.03. The van der Waals surface area contributed by atoms with E-state index in [1.165, 1.54) is 12.1 Å². The summed E-state index contributed by atoms with van der Waals surface area (Å²) in [5, 5.41) is 2.76. The van der Waals surface area contributed by atoms with Gasteiger partial charge in [-0.3, -0.25) is 4.79 Å². The molecule has 7 heteroatoms. The van der Waals surface area contributed by atoms with E-state index < -0.39 is 12.7 Å². The second-order valence-corrected chi connectivity index (χ2v) is 5.44. The second-order valence-electron chi connectivity index (χ2n) is 4.45. The number of carbonyl (C=O) groups excluding carboxylic acids is 1. The van der Waals surface area contributed by atoms with Crippen molar-refractivity contribution in [2.75, 3.05) is 18.6 Å². The smallest absolute Gasteiger partial charge is 0.387 e. The Bertz CT molecular complexity index is 429. The average Bonchev–Trinajstić information content (AvgIpc) is 2.45. The molecule has 0 heterocycles. The van der Waals surface area contributed by atoms with Gasteiger partial charge in [0, 0.05) is 6.54 Å². The van der Waals surface area contributed by atoms with E-state index in [2.05, 4.69) is 10.1 Å². The molecule has 0 fully saturated rings. The molecule has 0 unspecified atom stereocenters. The standard InChI is InChI=1S/C14H20F2N2O2S/c1-21-9-7-12(17)13(19)18-8-6-10-2-4-11(5-3-10)20-14(15)16/h2-5,12,14H,6-9,17H2,1H3,(H,18,19)/t12-/m0/s1. The van der Waals surface area contributed by atoms with E-state index >= 15 is 0 Å². The van der Waals surface area contributed by atoms with Gasteiger partial charge >= 0.3 is 6.61 Å². The summed E-state index contributed by atoms with van der Waals surface area (Å²) in [5.74, 6) is 0.804. The van der Waals surface area contributed by atoms with Crippen molar-refractivity contribution in [1.82, 2.24) is 5.32 Å². The Morgan fingerprint density at radius 2 is 2.05 bits per heavy atom. The van der Waals surface area contributed by atoms with Gasteiger partial charge in [-0.05, 0) is 42.5 Å². The number of thioether (sulfide) groups is 1. The number of nitrogens with one attached hydrogen (secondary N) is 1. The molecule has 0 spiro atoms. The van der Waals surface area contributed by atoms with Crippen LogP contribution in [0.5, 0.6) is 5.75 Å². The SMILES string of the molecule is CSCC[C@H](N)C(=O)NCCc1ccc(OC(F)F)cc1. The van der Waals surface area contributed by atoms with E-state index in [9.17, 15) is 13.6 Å². The molecule has 1 rings (SSSR count). The number of hydrogen-bond acceptors (Lipinski definition) is 4. The lowest BCUT2D eigenvalue weighted by Crippen LogP contribution is -2.41. The number of ether oxygens (including phenoxy) is 1. The summed E-state index contributed by atoms with van der Waals surface area (Å²) in [6.07, 6.45) is 3.22. The van der Waals surface area contributed by atoms with Crippen LogP contribution in [0.25, 0.3) is 0 Å². The van der Waals surface area contributed by atoms with Crippen LogP contribution in [0.15, 0.2) is 24.3 Å². The fraction of sp³-hybridized carbons (Fsp3) is 0.500. The maximum atomic E-state index is 12.0. The lowest BCUT2D eigenvalue weighted by Gasteiger charge is -2.11. The highest BCUT2D eigenvalue weighted by molar-refractivity contribution is 7.98. The molecule has 21 heavy (non-hydrogen) atoms. The lowest BCUT2D eigenvalue weighted by atomic mass is 10.1. The van der Waals surface area contributed by atoms with Gasteiger partial charge in [0.1, 0.15) is 5.75 Å². The van der Waals surface area contributed by atoms with Crippen molar-refractivity contribution >= 4 is 17.7 Å². The molecule has 0 aromatic heterocycles. The molecule has 0 aliphatic rings. The van der Waals surface area contributed by atoms with Gasteiger partial charge in [-0.25, -0.2) is 0 Å². The van der Waals surface area contributed by atoms with Crippen molar-refractivity contribution in [2.24, 2.45) is 5.73 Å². The van der Waals surface area contributed by atoms with Crippen molar-refractivity contribution in [3.63, 3.8) is 0 Å². The maximum Gasteiger partial charge on any atom is 0.387 e. The Morgan fingerprint density at radius 3 is 2.62 bits per heavy atom. The first-order valence-corrected chi connectivity index (χ1v) is 7.98. The van der Waals surface area contributed by atoms with Crippen LogP contribution in [0, 0.1) is 0 Å². The number of nitrogens with two attached hydrogens (primary N) is 1. The van der Waals surface area contributed by atoms with Gasteiger partial charge in [0.05, 0.1) is 6.04 Å². The molecule has 1 amide bonds. The highest BCUT2D eigenvalue weighted by Gasteiger charge is 2.11. The summed E-state index contributed by atoms with van der Waals surface area (Å²) in [6, 6.07) is 5.86. The van der Waals surface area contributed by atoms with Gasteiger partial charge in [0.2, 0.25) is 5.91 Å². The zero-order valence-corrected chi connectivity index (χ0v) is 12.7. The van der Waals surface area contributed by atoms with E-state index in [1.807, 2.05) is 6.26 Å². The molecule has 0 bridgehead atoms. The van der Waals surface area contributed by atoms with Crippen LogP contribution in [-0.2, 0) is 11.2 Å². The van der Waals surface area contributed by atoms with Gasteiger partial charge < -0.3 is 15.8 Å². The molecular weight excluding hydrogens is 298 g/mol. The molecule has 1 atom stereocenters. The molecule has 0 saturated carbocycles. The molecule has 4 nitrogen and oxygen atoms in total. The highest BCUT2D eigenvalue weighted by atomic mass is 32.2. The number of amides is 1. The van der Waals surface area contributed by atoms with Crippen LogP contribution in [0.3, 0.4) is 0 Å². The van der Waals surface area contributed by atoms with E-state index in [1.54, 1.807) is 23.9 Å². The van der Waals surface area contributed by atoms with Crippen molar-refractivity contribution in [3.8, 4) is 5.75 Å².